The lowest BCUT2D eigenvalue weighted by atomic mass is 9.71. The summed E-state index contributed by atoms with van der Waals surface area (Å²) in [6, 6.07) is 16.5. The van der Waals surface area contributed by atoms with E-state index in [2.05, 4.69) is 29.2 Å². The van der Waals surface area contributed by atoms with Crippen molar-refractivity contribution in [2.24, 2.45) is 0 Å². The molecular weight excluding hydrogens is 531 g/mol. The minimum atomic E-state index is -1.74. The number of rotatable bonds is 5. The molecule has 0 atom stereocenters. The van der Waals surface area contributed by atoms with Gasteiger partial charge in [-0.05, 0) is 85.9 Å². The molecule has 2 N–H and O–H groups in total. The first kappa shape index (κ1) is 29.7. The monoisotopic (exact) mass is 570 g/mol. The third-order valence-electron chi connectivity index (χ3n) is 8.32. The minimum Gasteiger partial charge on any atom is -0.456 e. The summed E-state index contributed by atoms with van der Waals surface area (Å²) in [5.41, 5.74) is 7.33. The summed E-state index contributed by atoms with van der Waals surface area (Å²) in [5, 5.41) is 20.5. The summed E-state index contributed by atoms with van der Waals surface area (Å²) >= 11 is 0. The molecule has 0 saturated carbocycles. The van der Waals surface area contributed by atoms with Gasteiger partial charge in [-0.1, -0.05) is 48.5 Å². The molecule has 220 valence electrons. The van der Waals surface area contributed by atoms with Gasteiger partial charge in [-0.25, -0.2) is 9.59 Å². The minimum absolute atomic E-state index is 0.00454. The standard InChI is InChI=1S/C33H39BN2O6/c1-20-28(31(37)42-33(4,5)6)21(2)30(22(3)29(20)34(39)40)35-15-17-36(18-16-35)32(38)41-19-27-25-13-9-7-11-23(25)24-12-8-10-14-26(24)27/h7-14,27,39-40H,15-19H2,1-6H3. The van der Waals surface area contributed by atoms with E-state index in [9.17, 15) is 19.6 Å². The number of ether oxygens (including phenoxy) is 2. The number of fused-ring (bicyclic) bond motifs is 3. The average molecular weight is 570 g/mol. The molecule has 0 spiro atoms. The third kappa shape index (κ3) is 5.51. The summed E-state index contributed by atoms with van der Waals surface area (Å²) < 4.78 is 11.5. The van der Waals surface area contributed by atoms with Crippen molar-refractivity contribution < 1.29 is 29.1 Å². The number of nitrogens with zero attached hydrogens (tertiary/aromatic N) is 2. The number of amides is 1. The molecule has 0 unspecified atom stereocenters. The topological polar surface area (TPSA) is 99.5 Å². The fourth-order valence-corrected chi connectivity index (χ4v) is 6.52. The van der Waals surface area contributed by atoms with E-state index in [4.69, 9.17) is 9.47 Å². The molecule has 0 bridgehead atoms. The van der Waals surface area contributed by atoms with Crippen molar-refractivity contribution in [2.75, 3.05) is 37.7 Å². The Kier molecular flexibility index (Phi) is 8.09. The highest BCUT2D eigenvalue weighted by atomic mass is 16.6. The zero-order valence-corrected chi connectivity index (χ0v) is 25.2. The molecule has 8 nitrogen and oxygen atoms in total. The maximum atomic E-state index is 13.2. The van der Waals surface area contributed by atoms with Crippen molar-refractivity contribution in [3.8, 4) is 11.1 Å². The lowest BCUT2D eigenvalue weighted by molar-refractivity contribution is 0.00680. The van der Waals surface area contributed by atoms with Crippen LogP contribution in [-0.4, -0.2) is 72.5 Å². The zero-order valence-electron chi connectivity index (χ0n) is 25.2. The maximum Gasteiger partial charge on any atom is 0.489 e. The van der Waals surface area contributed by atoms with Crippen LogP contribution in [0, 0.1) is 20.8 Å². The van der Waals surface area contributed by atoms with Gasteiger partial charge in [-0.3, -0.25) is 0 Å². The number of benzene rings is 3. The van der Waals surface area contributed by atoms with E-state index in [1.54, 1.807) is 32.6 Å². The molecule has 1 saturated heterocycles. The molecule has 1 heterocycles. The van der Waals surface area contributed by atoms with Crippen LogP contribution in [0.3, 0.4) is 0 Å². The highest BCUT2D eigenvalue weighted by molar-refractivity contribution is 6.60. The Morgan fingerprint density at radius 3 is 1.93 bits per heavy atom. The quantitative estimate of drug-likeness (QED) is 0.348. The largest absolute Gasteiger partial charge is 0.489 e. The molecule has 9 heteroatoms. The van der Waals surface area contributed by atoms with Crippen molar-refractivity contribution in [1.29, 1.82) is 0 Å². The van der Waals surface area contributed by atoms with Gasteiger partial charge in [-0.2, -0.15) is 0 Å². The number of carbonyl (C=O) groups is 2. The summed E-state index contributed by atoms with van der Waals surface area (Å²) in [7, 11) is -1.74. The van der Waals surface area contributed by atoms with Gasteiger partial charge in [0.1, 0.15) is 12.2 Å². The number of hydrogen-bond donors (Lipinski definition) is 2. The molecule has 1 aliphatic carbocycles. The van der Waals surface area contributed by atoms with E-state index in [1.165, 1.54) is 22.3 Å². The Balaban J connectivity index is 1.31. The van der Waals surface area contributed by atoms with Crippen LogP contribution in [0.1, 0.15) is 64.9 Å². The van der Waals surface area contributed by atoms with Gasteiger partial charge in [-0.15, -0.1) is 0 Å². The highest BCUT2D eigenvalue weighted by Gasteiger charge is 2.34. The van der Waals surface area contributed by atoms with Crippen LogP contribution >= 0.6 is 0 Å². The van der Waals surface area contributed by atoms with Crippen molar-refractivity contribution in [2.45, 2.75) is 53.1 Å². The van der Waals surface area contributed by atoms with Crippen LogP contribution in [-0.2, 0) is 9.47 Å². The zero-order chi connectivity index (χ0) is 30.3. The van der Waals surface area contributed by atoms with E-state index in [0.29, 0.717) is 48.3 Å². The van der Waals surface area contributed by atoms with Gasteiger partial charge in [0, 0.05) is 37.8 Å². The number of anilines is 1. The molecule has 0 radical (unpaired) electrons. The van der Waals surface area contributed by atoms with E-state index < -0.39 is 18.7 Å². The third-order valence-corrected chi connectivity index (χ3v) is 8.32. The molecule has 0 aromatic heterocycles. The lowest BCUT2D eigenvalue weighted by Crippen LogP contribution is -2.50. The molecule has 1 aliphatic heterocycles. The second kappa shape index (κ2) is 11.5. The van der Waals surface area contributed by atoms with E-state index >= 15 is 0 Å². The lowest BCUT2D eigenvalue weighted by Gasteiger charge is -2.38. The Morgan fingerprint density at radius 1 is 0.857 bits per heavy atom. The van der Waals surface area contributed by atoms with Crippen LogP contribution in [0.4, 0.5) is 10.5 Å². The average Bonchev–Trinajstić information content (AvgIpc) is 3.24. The van der Waals surface area contributed by atoms with Gasteiger partial charge in [0.25, 0.3) is 0 Å². The van der Waals surface area contributed by atoms with E-state index in [-0.39, 0.29) is 18.6 Å². The van der Waals surface area contributed by atoms with Crippen molar-refractivity contribution >= 4 is 30.3 Å². The van der Waals surface area contributed by atoms with Gasteiger partial charge in [0.2, 0.25) is 0 Å². The van der Waals surface area contributed by atoms with Crippen LogP contribution in [0.5, 0.6) is 0 Å². The van der Waals surface area contributed by atoms with Crippen molar-refractivity contribution in [1.82, 2.24) is 4.90 Å². The number of piperazine rings is 1. The summed E-state index contributed by atoms with van der Waals surface area (Å²) in [4.78, 5) is 30.2. The fourth-order valence-electron chi connectivity index (χ4n) is 6.52. The maximum absolute atomic E-state index is 13.2. The predicted octanol–water partition coefficient (Wildman–Crippen LogP) is 4.32. The first-order valence-electron chi connectivity index (χ1n) is 14.5. The Labute approximate surface area is 248 Å². The molecule has 42 heavy (non-hydrogen) atoms. The van der Waals surface area contributed by atoms with Crippen molar-refractivity contribution in [3.63, 3.8) is 0 Å². The van der Waals surface area contributed by atoms with Gasteiger partial charge >= 0.3 is 19.2 Å². The summed E-state index contributed by atoms with van der Waals surface area (Å²) in [6.45, 7) is 12.9. The van der Waals surface area contributed by atoms with Crippen LogP contribution in [0.15, 0.2) is 48.5 Å². The van der Waals surface area contributed by atoms with E-state index in [1.807, 2.05) is 38.1 Å². The Morgan fingerprint density at radius 2 is 1.40 bits per heavy atom. The smallest absolute Gasteiger partial charge is 0.456 e. The normalized spacial score (nSPS) is 14.9. The number of carbonyl (C=O) groups excluding carboxylic acids is 2. The Bertz CT molecular complexity index is 1480. The van der Waals surface area contributed by atoms with Crippen LogP contribution in [0.2, 0.25) is 0 Å². The molecule has 1 amide bonds. The number of hydrogen-bond acceptors (Lipinski definition) is 7. The fraction of sp³-hybridized carbons (Fsp3) is 0.394. The predicted molar refractivity (Wildman–Crippen MR) is 165 cm³/mol. The molecule has 5 rings (SSSR count). The van der Waals surface area contributed by atoms with Gasteiger partial charge in [0.15, 0.2) is 0 Å². The van der Waals surface area contributed by atoms with Gasteiger partial charge < -0.3 is 29.3 Å². The van der Waals surface area contributed by atoms with Gasteiger partial charge in [0.05, 0.1) is 5.56 Å². The second-order valence-corrected chi connectivity index (χ2v) is 12.2. The number of esters is 1. The first-order chi connectivity index (χ1) is 19.9. The SMILES string of the molecule is Cc1c(B(O)O)c(C)c(N2CCN(C(=O)OCC3c4ccccc4-c4ccccc43)CC2)c(C)c1C(=O)OC(C)(C)C. The molecule has 1 fully saturated rings. The van der Waals surface area contributed by atoms with Crippen LogP contribution in [0.25, 0.3) is 11.1 Å². The second-order valence-electron chi connectivity index (χ2n) is 12.2. The van der Waals surface area contributed by atoms with Crippen LogP contribution < -0.4 is 10.4 Å². The summed E-state index contributed by atoms with van der Waals surface area (Å²) in [6.07, 6.45) is -0.352. The molecular formula is C33H39BN2O6. The first-order valence-corrected chi connectivity index (χ1v) is 14.5. The van der Waals surface area contributed by atoms with E-state index in [0.717, 1.165) is 11.3 Å². The summed E-state index contributed by atoms with van der Waals surface area (Å²) in [5.74, 6) is -0.506. The Hall–Kier alpha value is -3.82. The highest BCUT2D eigenvalue weighted by Crippen LogP contribution is 2.44. The molecule has 3 aromatic carbocycles. The van der Waals surface area contributed by atoms with Crippen molar-refractivity contribution in [3.05, 3.63) is 81.9 Å². The molecule has 3 aromatic rings. The molecule has 2 aliphatic rings.